The lowest BCUT2D eigenvalue weighted by Crippen LogP contribution is -2.32. The highest BCUT2D eigenvalue weighted by Crippen LogP contribution is 2.09. The number of pyridine rings is 1. The lowest BCUT2D eigenvalue weighted by atomic mass is 10.2. The molecule has 0 fully saturated rings. The highest BCUT2D eigenvalue weighted by molar-refractivity contribution is 6.30. The van der Waals surface area contributed by atoms with Gasteiger partial charge < -0.3 is 10.4 Å². The number of carbonyl (C=O) groups excluding carboxylic acids is 1. The monoisotopic (exact) mass is 367 g/mol. The number of aliphatic hydroxyl groups is 1. The van der Waals surface area contributed by atoms with Crippen LogP contribution in [0.15, 0.2) is 53.6 Å². The number of amides is 1. The molecular weight excluding hydrogens is 354 g/mol. The third-order valence-corrected chi connectivity index (χ3v) is 3.87. The predicted octanol–water partition coefficient (Wildman–Crippen LogP) is 1.62. The molecule has 7 heteroatoms. The zero-order valence-corrected chi connectivity index (χ0v) is 14.3. The van der Waals surface area contributed by atoms with Gasteiger partial charge in [-0.25, -0.2) is 4.98 Å². The first kappa shape index (κ1) is 17.7. The van der Waals surface area contributed by atoms with E-state index in [1.807, 2.05) is 0 Å². The highest BCUT2D eigenvalue weighted by Gasteiger charge is 2.14. The van der Waals surface area contributed by atoms with Gasteiger partial charge in [0.1, 0.15) is 6.61 Å². The molecule has 0 bridgehead atoms. The van der Waals surface area contributed by atoms with Crippen LogP contribution < -0.4 is 10.9 Å². The van der Waals surface area contributed by atoms with Crippen molar-refractivity contribution in [2.75, 3.05) is 6.61 Å². The Bertz CT molecular complexity index is 1080. The molecule has 0 atom stereocenters. The normalized spacial score (nSPS) is 10.2. The molecule has 0 saturated heterocycles. The predicted molar refractivity (Wildman–Crippen MR) is 98.0 cm³/mol. The number of aromatic nitrogens is 2. The third-order valence-electron chi connectivity index (χ3n) is 3.62. The number of carbonyl (C=O) groups is 1. The number of fused-ring (bicyclic) bond motifs is 1. The van der Waals surface area contributed by atoms with Crippen molar-refractivity contribution in [2.24, 2.45) is 0 Å². The van der Waals surface area contributed by atoms with E-state index in [-0.39, 0.29) is 18.8 Å². The summed E-state index contributed by atoms with van der Waals surface area (Å²) in [5.41, 5.74) is 1.20. The van der Waals surface area contributed by atoms with Gasteiger partial charge in [-0.05, 0) is 29.8 Å². The fourth-order valence-corrected chi connectivity index (χ4v) is 2.46. The van der Waals surface area contributed by atoms with E-state index in [1.54, 1.807) is 36.4 Å². The molecule has 3 aromatic rings. The summed E-state index contributed by atoms with van der Waals surface area (Å²) in [6, 6.07) is 10.4. The van der Waals surface area contributed by atoms with E-state index in [2.05, 4.69) is 22.1 Å². The SMILES string of the molecule is O=C(NCc1ccc(Cl)cc1)c1ncc2ccc(C#CCO)cn2c1=O. The fraction of sp³-hybridized carbons (Fsp3) is 0.105. The molecule has 0 unspecified atom stereocenters. The van der Waals surface area contributed by atoms with Crippen molar-refractivity contribution in [1.29, 1.82) is 0 Å². The van der Waals surface area contributed by atoms with E-state index in [0.29, 0.717) is 16.1 Å². The lowest BCUT2D eigenvalue weighted by Gasteiger charge is -2.06. The maximum Gasteiger partial charge on any atom is 0.286 e. The fourth-order valence-electron chi connectivity index (χ4n) is 2.33. The van der Waals surface area contributed by atoms with Gasteiger partial charge in [-0.1, -0.05) is 35.6 Å². The summed E-state index contributed by atoms with van der Waals surface area (Å²) in [7, 11) is 0. The van der Waals surface area contributed by atoms with Crippen LogP contribution in [0.5, 0.6) is 0 Å². The Balaban J connectivity index is 1.86. The molecule has 0 spiro atoms. The van der Waals surface area contributed by atoms with Gasteiger partial charge in [0.25, 0.3) is 11.5 Å². The van der Waals surface area contributed by atoms with E-state index in [1.165, 1.54) is 16.8 Å². The molecule has 2 aromatic heterocycles. The van der Waals surface area contributed by atoms with Gasteiger partial charge in [0.2, 0.25) is 0 Å². The van der Waals surface area contributed by atoms with Gasteiger partial charge >= 0.3 is 0 Å². The third kappa shape index (κ3) is 3.91. The van der Waals surface area contributed by atoms with Gasteiger partial charge in [-0.2, -0.15) is 0 Å². The second-order valence-corrected chi connectivity index (χ2v) is 5.83. The van der Waals surface area contributed by atoms with E-state index < -0.39 is 11.5 Å². The van der Waals surface area contributed by atoms with Gasteiger partial charge in [0.15, 0.2) is 5.69 Å². The number of halogens is 1. The first-order chi connectivity index (χ1) is 12.6. The molecule has 1 amide bonds. The largest absolute Gasteiger partial charge is 0.384 e. The minimum Gasteiger partial charge on any atom is -0.384 e. The number of aliphatic hydroxyl groups excluding tert-OH is 1. The molecule has 6 nitrogen and oxygen atoms in total. The first-order valence-electron chi connectivity index (χ1n) is 7.72. The number of nitrogens with one attached hydrogen (secondary N) is 1. The van der Waals surface area contributed by atoms with Crippen LogP contribution in [-0.4, -0.2) is 27.0 Å². The van der Waals surface area contributed by atoms with Gasteiger partial charge in [0.05, 0.1) is 11.7 Å². The van der Waals surface area contributed by atoms with Crippen LogP contribution in [0, 0.1) is 11.8 Å². The minimum atomic E-state index is -0.564. The maximum atomic E-state index is 12.6. The average molecular weight is 368 g/mol. The van der Waals surface area contributed by atoms with Crippen molar-refractivity contribution in [2.45, 2.75) is 6.54 Å². The van der Waals surface area contributed by atoms with E-state index in [0.717, 1.165) is 5.56 Å². The zero-order chi connectivity index (χ0) is 18.5. The van der Waals surface area contributed by atoms with Crippen molar-refractivity contribution in [3.05, 3.63) is 81.0 Å². The summed E-state index contributed by atoms with van der Waals surface area (Å²) < 4.78 is 1.31. The second kappa shape index (κ2) is 7.83. The van der Waals surface area contributed by atoms with Crippen LogP contribution in [0.2, 0.25) is 5.02 Å². The smallest absolute Gasteiger partial charge is 0.286 e. The van der Waals surface area contributed by atoms with Crippen LogP contribution >= 0.6 is 11.6 Å². The Morgan fingerprint density at radius 3 is 2.73 bits per heavy atom. The molecule has 0 aliphatic heterocycles. The molecule has 1 aromatic carbocycles. The Morgan fingerprint density at radius 1 is 1.23 bits per heavy atom. The van der Waals surface area contributed by atoms with Crippen LogP contribution in [0.3, 0.4) is 0 Å². The van der Waals surface area contributed by atoms with E-state index >= 15 is 0 Å². The molecule has 0 saturated carbocycles. The molecule has 2 heterocycles. The Labute approximate surface area is 154 Å². The number of benzene rings is 1. The topological polar surface area (TPSA) is 83.7 Å². The highest BCUT2D eigenvalue weighted by atomic mass is 35.5. The van der Waals surface area contributed by atoms with E-state index in [9.17, 15) is 9.59 Å². The van der Waals surface area contributed by atoms with Crippen LogP contribution in [0.25, 0.3) is 5.52 Å². The molecular formula is C19H14ClN3O3. The van der Waals surface area contributed by atoms with Gasteiger partial charge in [-0.3, -0.25) is 14.0 Å². The summed E-state index contributed by atoms with van der Waals surface area (Å²) in [6.45, 7) is -0.0243. The van der Waals surface area contributed by atoms with Crippen molar-refractivity contribution < 1.29 is 9.90 Å². The molecule has 0 aliphatic rings. The van der Waals surface area contributed by atoms with Crippen molar-refractivity contribution in [3.8, 4) is 11.8 Å². The number of rotatable bonds is 3. The van der Waals surface area contributed by atoms with Crippen molar-refractivity contribution in [1.82, 2.24) is 14.7 Å². The van der Waals surface area contributed by atoms with Crippen LogP contribution in [-0.2, 0) is 6.54 Å². The van der Waals surface area contributed by atoms with Crippen molar-refractivity contribution >= 4 is 23.0 Å². The second-order valence-electron chi connectivity index (χ2n) is 5.39. The Morgan fingerprint density at radius 2 is 2.00 bits per heavy atom. The number of hydrogen-bond acceptors (Lipinski definition) is 4. The molecule has 3 rings (SSSR count). The first-order valence-corrected chi connectivity index (χ1v) is 8.10. The lowest BCUT2D eigenvalue weighted by molar-refractivity contribution is 0.0944. The summed E-state index contributed by atoms with van der Waals surface area (Å²) in [6.07, 6.45) is 2.96. The van der Waals surface area contributed by atoms with Gasteiger partial charge in [0, 0.05) is 23.3 Å². The standard InChI is InChI=1S/C19H14ClN3O3/c20-15-6-3-13(4-7-15)10-22-18(25)17-19(26)23-12-14(2-1-9-24)5-8-16(23)11-21-17/h3-8,11-12,24H,9-10H2,(H,22,25). The summed E-state index contributed by atoms with van der Waals surface area (Å²) in [5, 5.41) is 12.0. The van der Waals surface area contributed by atoms with Crippen molar-refractivity contribution in [3.63, 3.8) is 0 Å². The summed E-state index contributed by atoms with van der Waals surface area (Å²) in [4.78, 5) is 28.9. The Kier molecular flexibility index (Phi) is 5.32. The molecule has 26 heavy (non-hydrogen) atoms. The molecule has 2 N–H and O–H groups in total. The molecule has 0 radical (unpaired) electrons. The summed E-state index contributed by atoms with van der Waals surface area (Å²) >= 11 is 5.83. The minimum absolute atomic E-state index is 0.205. The van der Waals surface area contributed by atoms with Crippen LogP contribution in [0.1, 0.15) is 21.6 Å². The summed E-state index contributed by atoms with van der Waals surface area (Å²) in [5.74, 6) is 4.67. The average Bonchev–Trinajstić information content (AvgIpc) is 2.66. The zero-order valence-electron chi connectivity index (χ0n) is 13.6. The van der Waals surface area contributed by atoms with Gasteiger partial charge in [-0.15, -0.1) is 0 Å². The number of hydrogen-bond donors (Lipinski definition) is 2. The maximum absolute atomic E-state index is 12.6. The number of nitrogens with zero attached hydrogens (tertiary/aromatic N) is 2. The molecule has 0 aliphatic carbocycles. The molecule has 130 valence electrons. The Hall–Kier alpha value is -3.14. The quantitative estimate of drug-likeness (QED) is 0.689. The van der Waals surface area contributed by atoms with Crippen LogP contribution in [0.4, 0.5) is 0 Å². The van der Waals surface area contributed by atoms with E-state index in [4.69, 9.17) is 16.7 Å².